The van der Waals surface area contributed by atoms with E-state index in [1.54, 1.807) is 17.2 Å². The first-order chi connectivity index (χ1) is 17.2. The summed E-state index contributed by atoms with van der Waals surface area (Å²) in [5, 5.41) is 18.2. The minimum atomic E-state index is -0.904. The number of fused-ring (bicyclic) bond motifs is 3. The number of nitrogens with zero attached hydrogens (tertiary/aromatic N) is 2. The van der Waals surface area contributed by atoms with Crippen LogP contribution in [0.5, 0.6) is 0 Å². The smallest absolute Gasteiger partial charge is 0.318 e. The number of nitrogens with one attached hydrogen (secondary N) is 1. The van der Waals surface area contributed by atoms with Crippen LogP contribution in [-0.4, -0.2) is 47.0 Å². The molecular weight excluding hydrogens is 442 g/mol. The van der Waals surface area contributed by atoms with Gasteiger partial charge in [-0.1, -0.05) is 72.9 Å². The van der Waals surface area contributed by atoms with Gasteiger partial charge in [0.2, 0.25) is 0 Å². The van der Waals surface area contributed by atoms with Crippen LogP contribution in [0, 0.1) is 0 Å². The number of benzene rings is 2. The van der Waals surface area contributed by atoms with Crippen molar-refractivity contribution < 1.29 is 19.2 Å². The fraction of sp³-hybridized carbons (Fsp3) is 0.357. The standard InChI is InChI=1S/C28H31N3O4/c32-21(17-31(18-22-11-8-16-34-22)28(33)29-20-9-2-1-3-10-20)19-35-30-27-25-14-6-4-12-23(25)24-13-5-7-15-26(24)27/h4-8,11-16,20-21,32H,1-3,9-10,17-19H2,(H,29,33)/t21-/m0/s1. The van der Waals surface area contributed by atoms with Gasteiger partial charge >= 0.3 is 6.03 Å². The molecule has 1 saturated carbocycles. The normalized spacial score (nSPS) is 15.7. The molecule has 1 aromatic heterocycles. The molecule has 2 aliphatic rings. The maximum Gasteiger partial charge on any atom is 0.318 e. The van der Waals surface area contributed by atoms with Gasteiger partial charge in [0, 0.05) is 17.2 Å². The van der Waals surface area contributed by atoms with Gasteiger partial charge in [0.15, 0.2) is 0 Å². The van der Waals surface area contributed by atoms with E-state index in [0.29, 0.717) is 5.76 Å². The van der Waals surface area contributed by atoms with Gasteiger partial charge in [-0.25, -0.2) is 4.79 Å². The summed E-state index contributed by atoms with van der Waals surface area (Å²) in [5.74, 6) is 0.663. The van der Waals surface area contributed by atoms with E-state index in [0.717, 1.165) is 53.6 Å². The predicted octanol–water partition coefficient (Wildman–Crippen LogP) is 4.93. The molecule has 0 saturated heterocycles. The molecule has 1 atom stereocenters. The molecule has 0 radical (unpaired) electrons. The van der Waals surface area contributed by atoms with Crippen molar-refractivity contribution in [2.24, 2.45) is 5.16 Å². The zero-order chi connectivity index (χ0) is 24.0. The molecule has 7 heteroatoms. The Morgan fingerprint density at radius 3 is 2.29 bits per heavy atom. The summed E-state index contributed by atoms with van der Waals surface area (Å²) < 4.78 is 5.44. The van der Waals surface area contributed by atoms with E-state index in [1.807, 2.05) is 42.5 Å². The van der Waals surface area contributed by atoms with E-state index < -0.39 is 6.10 Å². The second-order valence-electron chi connectivity index (χ2n) is 9.22. The first-order valence-electron chi connectivity index (χ1n) is 12.3. The minimum absolute atomic E-state index is 0.0286. The fourth-order valence-electron chi connectivity index (χ4n) is 4.91. The van der Waals surface area contributed by atoms with E-state index in [-0.39, 0.29) is 31.8 Å². The number of hydrogen-bond acceptors (Lipinski definition) is 5. The van der Waals surface area contributed by atoms with Crippen molar-refractivity contribution >= 4 is 11.7 Å². The molecule has 2 amide bonds. The maximum absolute atomic E-state index is 13.0. The van der Waals surface area contributed by atoms with Crippen molar-refractivity contribution in [3.8, 4) is 11.1 Å². The number of amides is 2. The van der Waals surface area contributed by atoms with Crippen molar-refractivity contribution in [3.05, 3.63) is 83.8 Å². The van der Waals surface area contributed by atoms with Gasteiger partial charge < -0.3 is 24.6 Å². The summed E-state index contributed by atoms with van der Waals surface area (Å²) in [4.78, 5) is 20.2. The number of aliphatic hydroxyl groups is 1. The molecule has 5 rings (SSSR count). The highest BCUT2D eigenvalue weighted by molar-refractivity contribution is 6.24. The molecule has 2 aromatic carbocycles. The van der Waals surface area contributed by atoms with Crippen LogP contribution in [0.2, 0.25) is 0 Å². The van der Waals surface area contributed by atoms with E-state index in [1.165, 1.54) is 6.42 Å². The molecule has 2 N–H and O–H groups in total. The van der Waals surface area contributed by atoms with E-state index >= 15 is 0 Å². The third-order valence-electron chi connectivity index (χ3n) is 6.66. The first kappa shape index (κ1) is 23.2. The van der Waals surface area contributed by atoms with Crippen LogP contribution < -0.4 is 5.32 Å². The number of carbonyl (C=O) groups is 1. The molecular formula is C28H31N3O4. The Kier molecular flexibility index (Phi) is 7.14. The lowest BCUT2D eigenvalue weighted by atomic mass is 9.96. The highest BCUT2D eigenvalue weighted by Gasteiger charge is 2.26. The van der Waals surface area contributed by atoms with Gasteiger partial charge in [0.25, 0.3) is 0 Å². The van der Waals surface area contributed by atoms with Crippen molar-refractivity contribution in [2.75, 3.05) is 13.2 Å². The summed E-state index contributed by atoms with van der Waals surface area (Å²) >= 11 is 0. The second-order valence-corrected chi connectivity index (χ2v) is 9.22. The molecule has 0 aliphatic heterocycles. The summed E-state index contributed by atoms with van der Waals surface area (Å²) in [6, 6.07) is 19.8. The van der Waals surface area contributed by atoms with Crippen molar-refractivity contribution in [1.29, 1.82) is 0 Å². The number of carbonyl (C=O) groups excluding carboxylic acids is 1. The maximum atomic E-state index is 13.0. The van der Waals surface area contributed by atoms with Gasteiger partial charge in [-0.15, -0.1) is 0 Å². The molecule has 0 unspecified atom stereocenters. The van der Waals surface area contributed by atoms with Crippen molar-refractivity contribution in [1.82, 2.24) is 10.2 Å². The molecule has 0 bridgehead atoms. The van der Waals surface area contributed by atoms with E-state index in [4.69, 9.17) is 9.25 Å². The Bertz CT molecular complexity index is 1120. The fourth-order valence-corrected chi connectivity index (χ4v) is 4.91. The highest BCUT2D eigenvalue weighted by Crippen LogP contribution is 2.36. The Hall–Kier alpha value is -3.58. The summed E-state index contributed by atoms with van der Waals surface area (Å²) in [6.07, 6.45) is 6.14. The number of aliphatic hydroxyl groups excluding tert-OH is 1. The number of urea groups is 1. The average Bonchev–Trinajstić information content (AvgIpc) is 3.51. The van der Waals surface area contributed by atoms with Crippen molar-refractivity contribution in [2.45, 2.75) is 50.8 Å². The topological polar surface area (TPSA) is 87.3 Å². The lowest BCUT2D eigenvalue weighted by Gasteiger charge is -2.29. The Balaban J connectivity index is 1.23. The second kappa shape index (κ2) is 10.8. The first-order valence-corrected chi connectivity index (χ1v) is 12.3. The van der Waals surface area contributed by atoms with E-state index in [9.17, 15) is 9.90 Å². The summed E-state index contributed by atoms with van der Waals surface area (Å²) in [7, 11) is 0. The zero-order valence-electron chi connectivity index (χ0n) is 19.7. The quantitative estimate of drug-likeness (QED) is 0.355. The Labute approximate surface area is 205 Å². The van der Waals surface area contributed by atoms with Crippen LogP contribution in [0.25, 0.3) is 11.1 Å². The monoisotopic (exact) mass is 473 g/mol. The molecule has 2 aliphatic carbocycles. The van der Waals surface area contributed by atoms with Gasteiger partial charge in [-0.3, -0.25) is 0 Å². The molecule has 3 aromatic rings. The SMILES string of the molecule is O=C(NC1CCCCC1)N(Cc1ccco1)C[C@H](O)CON=C1c2ccccc2-c2ccccc21. The average molecular weight is 474 g/mol. The number of hydrogen-bond donors (Lipinski definition) is 2. The molecule has 0 spiro atoms. The third kappa shape index (κ3) is 5.41. The van der Waals surface area contributed by atoms with Crippen LogP contribution in [0.1, 0.15) is 49.0 Å². The lowest BCUT2D eigenvalue weighted by Crippen LogP contribution is -2.48. The number of furan rings is 1. The largest absolute Gasteiger partial charge is 0.467 e. The van der Waals surface area contributed by atoms with Gasteiger partial charge in [-0.2, -0.15) is 0 Å². The zero-order valence-corrected chi connectivity index (χ0v) is 19.7. The van der Waals surface area contributed by atoms with Crippen LogP contribution in [0.15, 0.2) is 76.5 Å². The third-order valence-corrected chi connectivity index (χ3v) is 6.66. The molecule has 1 heterocycles. The minimum Gasteiger partial charge on any atom is -0.467 e. The Morgan fingerprint density at radius 2 is 1.66 bits per heavy atom. The van der Waals surface area contributed by atoms with Crippen molar-refractivity contribution in [3.63, 3.8) is 0 Å². The van der Waals surface area contributed by atoms with Gasteiger partial charge in [-0.05, 0) is 36.1 Å². The molecule has 182 valence electrons. The van der Waals surface area contributed by atoms with Crippen LogP contribution in [-0.2, 0) is 11.4 Å². The van der Waals surface area contributed by atoms with Crippen LogP contribution >= 0.6 is 0 Å². The van der Waals surface area contributed by atoms with Crippen LogP contribution in [0.3, 0.4) is 0 Å². The molecule has 35 heavy (non-hydrogen) atoms. The predicted molar refractivity (Wildman–Crippen MR) is 134 cm³/mol. The van der Waals surface area contributed by atoms with Gasteiger partial charge in [0.1, 0.15) is 24.2 Å². The summed E-state index contributed by atoms with van der Waals surface area (Å²) in [5.41, 5.74) is 5.01. The Morgan fingerprint density at radius 1 is 1.00 bits per heavy atom. The number of oxime groups is 1. The van der Waals surface area contributed by atoms with Crippen LogP contribution in [0.4, 0.5) is 4.79 Å². The highest BCUT2D eigenvalue weighted by atomic mass is 16.6. The molecule has 7 nitrogen and oxygen atoms in total. The summed E-state index contributed by atoms with van der Waals surface area (Å²) in [6.45, 7) is 0.356. The molecule has 1 fully saturated rings. The number of rotatable bonds is 8. The van der Waals surface area contributed by atoms with E-state index in [2.05, 4.69) is 22.6 Å². The lowest BCUT2D eigenvalue weighted by molar-refractivity contribution is 0.0230. The van der Waals surface area contributed by atoms with Gasteiger partial charge in [0.05, 0.1) is 19.4 Å².